The van der Waals surface area contributed by atoms with Gasteiger partial charge in [0.15, 0.2) is 4.60 Å². The summed E-state index contributed by atoms with van der Waals surface area (Å²) < 4.78 is 28.2. The van der Waals surface area contributed by atoms with E-state index in [1.807, 2.05) is 13.8 Å². The summed E-state index contributed by atoms with van der Waals surface area (Å²) in [6.45, 7) is 4.43. The van der Waals surface area contributed by atoms with Crippen molar-refractivity contribution in [3.63, 3.8) is 0 Å². The van der Waals surface area contributed by atoms with Crippen molar-refractivity contribution in [2.24, 2.45) is 7.05 Å². The van der Waals surface area contributed by atoms with Crippen LogP contribution < -0.4 is 0 Å². The summed E-state index contributed by atoms with van der Waals surface area (Å²) in [4.78, 5) is 0. The Kier molecular flexibility index (Phi) is 3.07. The topological polar surface area (TPSA) is 68.1 Å². The Morgan fingerprint density at radius 2 is 2.06 bits per heavy atom. The van der Waals surface area contributed by atoms with E-state index in [4.69, 9.17) is 0 Å². The quantitative estimate of drug-likeness (QED) is 0.818. The second-order valence-corrected chi connectivity index (χ2v) is 7.33. The highest BCUT2D eigenvalue weighted by Gasteiger charge is 2.43. The Balaban J connectivity index is 2.51. The van der Waals surface area contributed by atoms with Crippen LogP contribution in [0.4, 0.5) is 0 Å². The van der Waals surface area contributed by atoms with Gasteiger partial charge in [-0.1, -0.05) is 5.21 Å². The first kappa shape index (κ1) is 13.0. The van der Waals surface area contributed by atoms with Crippen LogP contribution >= 0.6 is 15.9 Å². The van der Waals surface area contributed by atoms with Crippen LogP contribution in [0.25, 0.3) is 0 Å². The van der Waals surface area contributed by atoms with Gasteiger partial charge in [0.05, 0.1) is 0 Å². The molecule has 0 atom stereocenters. The molecule has 0 radical (unpaired) electrons. The predicted molar refractivity (Wildman–Crippen MR) is 65.9 cm³/mol. The number of hydrogen-bond acceptors (Lipinski definition) is 4. The van der Waals surface area contributed by atoms with Crippen molar-refractivity contribution in [1.29, 1.82) is 0 Å². The van der Waals surface area contributed by atoms with E-state index in [1.54, 1.807) is 7.05 Å². The van der Waals surface area contributed by atoms with E-state index in [9.17, 15) is 8.42 Å². The summed E-state index contributed by atoms with van der Waals surface area (Å²) in [6, 6.07) is 0. The standard InChI is InChI=1S/C9H15BrN4O2S/c1-9(2)5-4-6-14(9)17(15,16)8-7(10)11-12-13(8)3/h4-6H2,1-3H3. The molecule has 1 saturated heterocycles. The highest BCUT2D eigenvalue weighted by molar-refractivity contribution is 9.10. The van der Waals surface area contributed by atoms with Crippen molar-refractivity contribution < 1.29 is 8.42 Å². The summed E-state index contributed by atoms with van der Waals surface area (Å²) in [5.41, 5.74) is -0.345. The Bertz CT molecular complexity index is 518. The van der Waals surface area contributed by atoms with Crippen LogP contribution in [0.5, 0.6) is 0 Å². The summed E-state index contributed by atoms with van der Waals surface area (Å²) in [7, 11) is -1.96. The van der Waals surface area contributed by atoms with Crippen LogP contribution in [0.15, 0.2) is 9.63 Å². The summed E-state index contributed by atoms with van der Waals surface area (Å²) in [5, 5.41) is 7.56. The van der Waals surface area contributed by atoms with Gasteiger partial charge < -0.3 is 0 Å². The highest BCUT2D eigenvalue weighted by atomic mass is 79.9. The maximum absolute atomic E-state index is 12.5. The lowest BCUT2D eigenvalue weighted by atomic mass is 10.0. The molecule has 1 aromatic heterocycles. The molecule has 17 heavy (non-hydrogen) atoms. The van der Waals surface area contributed by atoms with Gasteiger partial charge in [0.2, 0.25) is 5.03 Å². The van der Waals surface area contributed by atoms with Gasteiger partial charge in [-0.25, -0.2) is 13.1 Å². The van der Waals surface area contributed by atoms with Crippen molar-refractivity contribution in [3.8, 4) is 0 Å². The SMILES string of the molecule is Cn1nnc(Br)c1S(=O)(=O)N1CCCC1(C)C. The number of nitrogens with zero attached hydrogens (tertiary/aromatic N) is 4. The van der Waals surface area contributed by atoms with Gasteiger partial charge in [0, 0.05) is 19.1 Å². The zero-order valence-electron chi connectivity index (χ0n) is 10.0. The molecule has 8 heteroatoms. The third kappa shape index (κ3) is 2.02. The Hall–Kier alpha value is -0.470. The van der Waals surface area contributed by atoms with E-state index in [-0.39, 0.29) is 15.2 Å². The minimum atomic E-state index is -3.54. The van der Waals surface area contributed by atoms with E-state index >= 15 is 0 Å². The molecule has 2 heterocycles. The first-order chi connectivity index (χ1) is 7.77. The summed E-state index contributed by atoms with van der Waals surface area (Å²) >= 11 is 3.14. The van der Waals surface area contributed by atoms with Gasteiger partial charge >= 0.3 is 0 Å². The molecule has 0 bridgehead atoms. The van der Waals surface area contributed by atoms with E-state index in [1.165, 1.54) is 8.99 Å². The van der Waals surface area contributed by atoms with Gasteiger partial charge in [0.25, 0.3) is 10.0 Å². The fraction of sp³-hybridized carbons (Fsp3) is 0.778. The molecule has 6 nitrogen and oxygen atoms in total. The molecule has 1 aromatic rings. The Labute approximate surface area is 109 Å². The highest BCUT2D eigenvalue weighted by Crippen LogP contribution is 2.35. The van der Waals surface area contributed by atoms with Gasteiger partial charge in [-0.05, 0) is 42.6 Å². The van der Waals surface area contributed by atoms with Gasteiger partial charge in [-0.3, -0.25) is 0 Å². The van der Waals surface area contributed by atoms with Gasteiger partial charge in [-0.15, -0.1) is 5.10 Å². The molecule has 1 aliphatic rings. The molecule has 96 valence electrons. The maximum Gasteiger partial charge on any atom is 0.263 e. The average molecular weight is 323 g/mol. The van der Waals surface area contributed by atoms with E-state index in [0.29, 0.717) is 6.54 Å². The minimum absolute atomic E-state index is 0.118. The van der Waals surface area contributed by atoms with Crippen LogP contribution in [-0.4, -0.2) is 39.8 Å². The minimum Gasteiger partial charge on any atom is -0.235 e. The summed E-state index contributed by atoms with van der Waals surface area (Å²) in [5.74, 6) is 0. The van der Waals surface area contributed by atoms with Crippen molar-refractivity contribution in [2.75, 3.05) is 6.54 Å². The fourth-order valence-corrected chi connectivity index (χ4v) is 5.11. The fourth-order valence-electron chi connectivity index (χ4n) is 2.23. The molecule has 0 amide bonds. The second kappa shape index (κ2) is 4.03. The number of sulfonamides is 1. The third-order valence-corrected chi connectivity index (χ3v) is 6.10. The normalized spacial score (nSPS) is 20.9. The zero-order chi connectivity index (χ0) is 12.8. The molecule has 2 rings (SSSR count). The number of hydrogen-bond donors (Lipinski definition) is 0. The Morgan fingerprint density at radius 1 is 1.41 bits per heavy atom. The molecule has 0 spiro atoms. The average Bonchev–Trinajstić information content (AvgIpc) is 2.70. The molecule has 0 aliphatic carbocycles. The molecule has 0 unspecified atom stereocenters. The van der Waals surface area contributed by atoms with Gasteiger partial charge in [-0.2, -0.15) is 4.31 Å². The predicted octanol–water partition coefficient (Wildman–Crippen LogP) is 1.14. The maximum atomic E-state index is 12.5. The molecule has 0 aromatic carbocycles. The molecule has 1 fully saturated rings. The molecule has 1 aliphatic heterocycles. The first-order valence-electron chi connectivity index (χ1n) is 5.35. The smallest absolute Gasteiger partial charge is 0.235 e. The third-order valence-electron chi connectivity index (χ3n) is 3.10. The van der Waals surface area contributed by atoms with Crippen molar-refractivity contribution in [3.05, 3.63) is 4.60 Å². The van der Waals surface area contributed by atoms with E-state index < -0.39 is 10.0 Å². The number of halogens is 1. The largest absolute Gasteiger partial charge is 0.263 e. The lowest BCUT2D eigenvalue weighted by Gasteiger charge is -2.30. The lowest BCUT2D eigenvalue weighted by molar-refractivity contribution is 0.289. The van der Waals surface area contributed by atoms with Crippen LogP contribution in [-0.2, 0) is 17.1 Å². The van der Waals surface area contributed by atoms with Crippen molar-refractivity contribution in [2.45, 2.75) is 37.3 Å². The van der Waals surface area contributed by atoms with Crippen LogP contribution in [0.3, 0.4) is 0 Å². The number of aryl methyl sites for hydroxylation is 1. The van der Waals surface area contributed by atoms with E-state index in [2.05, 4.69) is 26.2 Å². The molecule has 0 N–H and O–H groups in total. The van der Waals surface area contributed by atoms with Crippen LogP contribution in [0, 0.1) is 0 Å². The lowest BCUT2D eigenvalue weighted by Crippen LogP contribution is -2.43. The first-order valence-corrected chi connectivity index (χ1v) is 7.58. The zero-order valence-corrected chi connectivity index (χ0v) is 12.4. The van der Waals surface area contributed by atoms with Crippen LogP contribution in [0.2, 0.25) is 0 Å². The number of aromatic nitrogens is 3. The monoisotopic (exact) mass is 322 g/mol. The second-order valence-electron chi connectivity index (χ2n) is 4.80. The molecular formula is C9H15BrN4O2S. The molecular weight excluding hydrogens is 308 g/mol. The Morgan fingerprint density at radius 3 is 2.47 bits per heavy atom. The van der Waals surface area contributed by atoms with Gasteiger partial charge in [0.1, 0.15) is 0 Å². The van der Waals surface area contributed by atoms with Crippen molar-refractivity contribution in [1.82, 2.24) is 19.3 Å². The van der Waals surface area contributed by atoms with Crippen LogP contribution in [0.1, 0.15) is 26.7 Å². The molecule has 0 saturated carbocycles. The van der Waals surface area contributed by atoms with Crippen molar-refractivity contribution >= 4 is 26.0 Å². The summed E-state index contributed by atoms with van der Waals surface area (Å²) in [6.07, 6.45) is 1.75. The van der Waals surface area contributed by atoms with E-state index in [0.717, 1.165) is 12.8 Å². The number of rotatable bonds is 2.